The van der Waals surface area contributed by atoms with Crippen LogP contribution in [0.2, 0.25) is 0 Å². The van der Waals surface area contributed by atoms with Crippen LogP contribution in [0.3, 0.4) is 0 Å². The van der Waals surface area contributed by atoms with Crippen LogP contribution in [0.4, 0.5) is 0 Å². The molecule has 0 aliphatic carbocycles. The van der Waals surface area contributed by atoms with Crippen molar-refractivity contribution in [2.75, 3.05) is 19.7 Å². The SMILES string of the molecule is Cc1ncc(C(=O)N[C@H]2CN(Cc3ccccc3)CC[C@@H]2CO)s1. The van der Waals surface area contributed by atoms with Crippen molar-refractivity contribution < 1.29 is 9.90 Å². The van der Waals surface area contributed by atoms with Gasteiger partial charge in [-0.15, -0.1) is 11.3 Å². The average Bonchev–Trinajstić information content (AvgIpc) is 3.03. The number of carbonyl (C=O) groups excluding carboxylic acids is 1. The Morgan fingerprint density at radius 1 is 1.42 bits per heavy atom. The lowest BCUT2D eigenvalue weighted by atomic mass is 9.92. The maximum absolute atomic E-state index is 12.4. The number of hydrogen-bond acceptors (Lipinski definition) is 5. The van der Waals surface area contributed by atoms with E-state index in [1.807, 2.05) is 25.1 Å². The Kier molecular flexibility index (Phi) is 5.60. The third-order valence-electron chi connectivity index (χ3n) is 4.49. The first-order valence-electron chi connectivity index (χ1n) is 8.26. The lowest BCUT2D eigenvalue weighted by molar-refractivity contribution is 0.0733. The van der Waals surface area contributed by atoms with E-state index in [2.05, 4.69) is 27.3 Å². The van der Waals surface area contributed by atoms with Crippen LogP contribution in [0.5, 0.6) is 0 Å². The second kappa shape index (κ2) is 7.88. The van der Waals surface area contributed by atoms with Crippen molar-refractivity contribution >= 4 is 17.2 Å². The van der Waals surface area contributed by atoms with E-state index in [0.29, 0.717) is 4.88 Å². The van der Waals surface area contributed by atoms with Gasteiger partial charge in [-0.3, -0.25) is 9.69 Å². The summed E-state index contributed by atoms with van der Waals surface area (Å²) in [6, 6.07) is 10.3. The molecule has 2 atom stereocenters. The molecule has 1 aliphatic heterocycles. The summed E-state index contributed by atoms with van der Waals surface area (Å²) in [5, 5.41) is 13.6. The van der Waals surface area contributed by atoms with Gasteiger partial charge >= 0.3 is 0 Å². The Morgan fingerprint density at radius 3 is 2.88 bits per heavy atom. The van der Waals surface area contributed by atoms with Crippen LogP contribution in [0.15, 0.2) is 36.5 Å². The number of aliphatic hydroxyl groups excluding tert-OH is 1. The summed E-state index contributed by atoms with van der Waals surface area (Å²) in [4.78, 5) is 19.5. The highest BCUT2D eigenvalue weighted by atomic mass is 32.1. The molecule has 6 heteroatoms. The van der Waals surface area contributed by atoms with Gasteiger partial charge in [-0.2, -0.15) is 0 Å². The molecular weight excluding hydrogens is 322 g/mol. The van der Waals surface area contributed by atoms with Gasteiger partial charge in [0.15, 0.2) is 0 Å². The number of nitrogens with zero attached hydrogens (tertiary/aromatic N) is 2. The van der Waals surface area contributed by atoms with E-state index in [1.165, 1.54) is 16.9 Å². The zero-order valence-electron chi connectivity index (χ0n) is 13.8. The van der Waals surface area contributed by atoms with Gasteiger partial charge in [0.25, 0.3) is 5.91 Å². The number of aliphatic hydroxyl groups is 1. The van der Waals surface area contributed by atoms with Gasteiger partial charge in [0.1, 0.15) is 4.88 Å². The summed E-state index contributed by atoms with van der Waals surface area (Å²) in [5.41, 5.74) is 1.27. The predicted octanol–water partition coefficient (Wildman–Crippen LogP) is 2.06. The second-order valence-corrected chi connectivity index (χ2v) is 7.51. The summed E-state index contributed by atoms with van der Waals surface area (Å²) in [5.74, 6) is 0.0144. The number of thiazole rings is 1. The van der Waals surface area contributed by atoms with Gasteiger partial charge in [0, 0.05) is 31.7 Å². The Morgan fingerprint density at radius 2 is 2.21 bits per heavy atom. The summed E-state index contributed by atoms with van der Waals surface area (Å²) >= 11 is 1.40. The first-order chi connectivity index (χ1) is 11.7. The van der Waals surface area contributed by atoms with E-state index in [1.54, 1.807) is 6.20 Å². The third-order valence-corrected chi connectivity index (χ3v) is 5.40. The molecule has 0 saturated carbocycles. The fraction of sp³-hybridized carbons (Fsp3) is 0.444. The molecule has 1 aliphatic rings. The minimum absolute atomic E-state index is 0.0395. The third kappa shape index (κ3) is 4.20. The highest BCUT2D eigenvalue weighted by Crippen LogP contribution is 2.20. The van der Waals surface area contributed by atoms with Gasteiger partial charge in [-0.1, -0.05) is 30.3 Å². The summed E-state index contributed by atoms with van der Waals surface area (Å²) in [6.45, 7) is 4.55. The number of piperidine rings is 1. The molecule has 0 spiro atoms. The molecule has 3 rings (SSSR count). The van der Waals surface area contributed by atoms with E-state index >= 15 is 0 Å². The van der Waals surface area contributed by atoms with Gasteiger partial charge in [-0.25, -0.2) is 4.98 Å². The first kappa shape index (κ1) is 17.1. The van der Waals surface area contributed by atoms with Crippen molar-refractivity contribution in [3.63, 3.8) is 0 Å². The highest BCUT2D eigenvalue weighted by Gasteiger charge is 2.30. The molecule has 5 nitrogen and oxygen atoms in total. The fourth-order valence-corrected chi connectivity index (χ4v) is 3.82. The molecule has 2 aromatic rings. The number of benzene rings is 1. The molecule has 2 heterocycles. The summed E-state index contributed by atoms with van der Waals surface area (Å²) in [7, 11) is 0. The first-order valence-corrected chi connectivity index (χ1v) is 9.08. The Bertz CT molecular complexity index is 674. The molecule has 1 amide bonds. The van der Waals surface area contributed by atoms with Crippen LogP contribution < -0.4 is 5.32 Å². The largest absolute Gasteiger partial charge is 0.396 e. The van der Waals surface area contributed by atoms with Crippen molar-refractivity contribution in [1.82, 2.24) is 15.2 Å². The predicted molar refractivity (Wildman–Crippen MR) is 95.0 cm³/mol. The molecule has 0 radical (unpaired) electrons. The lowest BCUT2D eigenvalue weighted by Crippen LogP contribution is -2.53. The van der Waals surface area contributed by atoms with Crippen molar-refractivity contribution in [3.05, 3.63) is 52.0 Å². The van der Waals surface area contributed by atoms with Crippen LogP contribution in [0.1, 0.15) is 26.7 Å². The van der Waals surface area contributed by atoms with E-state index in [4.69, 9.17) is 0 Å². The van der Waals surface area contributed by atoms with Crippen LogP contribution in [0, 0.1) is 12.8 Å². The van der Waals surface area contributed by atoms with E-state index in [9.17, 15) is 9.90 Å². The number of amides is 1. The van der Waals surface area contributed by atoms with Crippen LogP contribution in [0.25, 0.3) is 0 Å². The van der Waals surface area contributed by atoms with Crippen LogP contribution in [-0.2, 0) is 6.54 Å². The minimum atomic E-state index is -0.0920. The normalized spacial score (nSPS) is 21.6. The molecule has 128 valence electrons. The minimum Gasteiger partial charge on any atom is -0.396 e. The molecule has 0 unspecified atom stereocenters. The van der Waals surface area contributed by atoms with Crippen molar-refractivity contribution in [2.24, 2.45) is 5.92 Å². The zero-order valence-corrected chi connectivity index (χ0v) is 14.6. The van der Waals surface area contributed by atoms with E-state index < -0.39 is 0 Å². The number of aryl methyl sites for hydroxylation is 1. The lowest BCUT2D eigenvalue weighted by Gasteiger charge is -2.38. The molecule has 1 aromatic heterocycles. The summed E-state index contributed by atoms with van der Waals surface area (Å²) in [6.07, 6.45) is 2.50. The number of nitrogens with one attached hydrogen (secondary N) is 1. The van der Waals surface area contributed by atoms with Gasteiger partial charge < -0.3 is 10.4 Å². The standard InChI is InChI=1S/C18H23N3O2S/c1-13-19-9-17(24-13)18(23)20-16-11-21(8-7-15(16)12-22)10-14-5-3-2-4-6-14/h2-6,9,15-16,22H,7-8,10-12H2,1H3,(H,20,23)/t15-,16+/m1/s1. The molecular formula is C18H23N3O2S. The number of hydrogen-bond donors (Lipinski definition) is 2. The van der Waals surface area contributed by atoms with Gasteiger partial charge in [-0.05, 0) is 25.5 Å². The smallest absolute Gasteiger partial charge is 0.263 e. The second-order valence-electron chi connectivity index (χ2n) is 6.28. The Balaban J connectivity index is 1.64. The summed E-state index contributed by atoms with van der Waals surface area (Å²) < 4.78 is 0. The van der Waals surface area contributed by atoms with Crippen molar-refractivity contribution in [3.8, 4) is 0 Å². The molecule has 1 saturated heterocycles. The molecule has 24 heavy (non-hydrogen) atoms. The maximum Gasteiger partial charge on any atom is 0.263 e. The molecule has 1 aromatic carbocycles. The van der Waals surface area contributed by atoms with Crippen molar-refractivity contribution in [2.45, 2.75) is 25.9 Å². The van der Waals surface area contributed by atoms with Crippen LogP contribution >= 0.6 is 11.3 Å². The quantitative estimate of drug-likeness (QED) is 0.871. The molecule has 2 N–H and O–H groups in total. The van der Waals surface area contributed by atoms with Crippen LogP contribution in [-0.4, -0.2) is 46.6 Å². The topological polar surface area (TPSA) is 65.5 Å². The zero-order chi connectivity index (χ0) is 16.9. The Labute approximate surface area is 146 Å². The number of likely N-dealkylation sites (tertiary alicyclic amines) is 1. The van der Waals surface area contributed by atoms with Gasteiger partial charge in [0.2, 0.25) is 0 Å². The number of rotatable bonds is 5. The Hall–Kier alpha value is -1.76. The van der Waals surface area contributed by atoms with Gasteiger partial charge in [0.05, 0.1) is 11.2 Å². The monoisotopic (exact) mass is 345 g/mol. The average molecular weight is 345 g/mol. The number of aromatic nitrogens is 1. The highest BCUT2D eigenvalue weighted by molar-refractivity contribution is 7.13. The number of carbonyl (C=O) groups is 1. The van der Waals surface area contributed by atoms with Crippen molar-refractivity contribution in [1.29, 1.82) is 0 Å². The van der Waals surface area contributed by atoms with E-state index in [-0.39, 0.29) is 24.5 Å². The fourth-order valence-electron chi connectivity index (χ4n) is 3.14. The molecule has 1 fully saturated rings. The maximum atomic E-state index is 12.4. The molecule has 0 bridgehead atoms. The van der Waals surface area contributed by atoms with E-state index in [0.717, 1.165) is 31.1 Å².